The van der Waals surface area contributed by atoms with Crippen LogP contribution in [0.1, 0.15) is 24.7 Å². The highest BCUT2D eigenvalue weighted by Gasteiger charge is 2.32. The number of nitrogens with one attached hydrogen (secondary N) is 1. The number of amides is 1. The molecule has 4 rings (SSSR count). The Bertz CT molecular complexity index is 1030. The van der Waals surface area contributed by atoms with Crippen molar-refractivity contribution in [1.82, 2.24) is 19.9 Å². The monoisotopic (exact) mass is 407 g/mol. The van der Waals surface area contributed by atoms with E-state index in [0.29, 0.717) is 29.6 Å². The van der Waals surface area contributed by atoms with Crippen LogP contribution in [0.4, 0.5) is 15.9 Å². The molecule has 3 heterocycles. The van der Waals surface area contributed by atoms with Crippen molar-refractivity contribution >= 4 is 17.4 Å². The zero-order valence-corrected chi connectivity index (χ0v) is 16.6. The topological polar surface area (TPSA) is 80.2 Å². The van der Waals surface area contributed by atoms with Crippen LogP contribution in [0.2, 0.25) is 0 Å². The van der Waals surface area contributed by atoms with E-state index in [9.17, 15) is 9.18 Å². The van der Waals surface area contributed by atoms with Crippen LogP contribution in [0.3, 0.4) is 0 Å². The minimum absolute atomic E-state index is 0.0228. The van der Waals surface area contributed by atoms with E-state index >= 15 is 0 Å². The molecule has 0 aliphatic carbocycles. The maximum atomic E-state index is 13.6. The zero-order valence-electron chi connectivity index (χ0n) is 16.6. The summed E-state index contributed by atoms with van der Waals surface area (Å²) in [4.78, 5) is 27.7. The first-order valence-electron chi connectivity index (χ1n) is 9.74. The Balaban J connectivity index is 1.73. The standard InChI is InChI=1S/C22H22FN5O2/c1-30-14-21(29)28-11-3-6-19(28)22-26-18(15-7-9-24-10-8-15)13-20(27-22)25-17-5-2-4-16(23)12-17/h2,4-5,7-10,12-13,19H,3,6,11,14H2,1H3,(H,25,26,27)/t19-/m1/s1. The lowest BCUT2D eigenvalue weighted by molar-refractivity contribution is -0.136. The molecule has 2 aromatic heterocycles. The number of pyridine rings is 1. The van der Waals surface area contributed by atoms with Crippen molar-refractivity contribution in [3.8, 4) is 11.3 Å². The molecule has 0 radical (unpaired) electrons. The molecule has 3 aromatic rings. The van der Waals surface area contributed by atoms with Crippen LogP contribution in [0, 0.1) is 5.82 Å². The van der Waals surface area contributed by atoms with Gasteiger partial charge in [0.25, 0.3) is 0 Å². The fraction of sp³-hybridized carbons (Fsp3) is 0.273. The van der Waals surface area contributed by atoms with E-state index in [1.54, 1.807) is 35.5 Å². The van der Waals surface area contributed by atoms with Crippen molar-refractivity contribution in [2.24, 2.45) is 0 Å². The molecule has 8 heteroatoms. The molecule has 1 N–H and O–H groups in total. The number of ether oxygens (including phenoxy) is 1. The molecule has 154 valence electrons. The van der Waals surface area contributed by atoms with Gasteiger partial charge in [-0.3, -0.25) is 9.78 Å². The van der Waals surface area contributed by atoms with Crippen molar-refractivity contribution in [2.45, 2.75) is 18.9 Å². The highest BCUT2D eigenvalue weighted by atomic mass is 19.1. The fourth-order valence-corrected chi connectivity index (χ4v) is 3.60. The molecule has 1 saturated heterocycles. The molecule has 0 spiro atoms. The zero-order chi connectivity index (χ0) is 20.9. The number of benzene rings is 1. The van der Waals surface area contributed by atoms with Gasteiger partial charge >= 0.3 is 0 Å². The number of hydrogen-bond acceptors (Lipinski definition) is 6. The second kappa shape index (κ2) is 8.96. The number of anilines is 2. The molecule has 0 unspecified atom stereocenters. The minimum Gasteiger partial charge on any atom is -0.375 e. The Morgan fingerprint density at radius 3 is 2.83 bits per heavy atom. The second-order valence-electron chi connectivity index (χ2n) is 7.05. The summed E-state index contributed by atoms with van der Waals surface area (Å²) < 4.78 is 18.6. The highest BCUT2D eigenvalue weighted by Crippen LogP contribution is 2.32. The van der Waals surface area contributed by atoms with Crippen LogP contribution < -0.4 is 5.32 Å². The molecule has 1 aromatic carbocycles. The Morgan fingerprint density at radius 1 is 1.23 bits per heavy atom. The third kappa shape index (κ3) is 4.44. The number of halogens is 1. The second-order valence-corrected chi connectivity index (χ2v) is 7.05. The lowest BCUT2D eigenvalue weighted by atomic mass is 10.1. The van der Waals surface area contributed by atoms with Gasteiger partial charge in [0.05, 0.1) is 11.7 Å². The average molecular weight is 407 g/mol. The van der Waals surface area contributed by atoms with Crippen LogP contribution in [0.25, 0.3) is 11.3 Å². The maximum absolute atomic E-state index is 13.6. The molecule has 0 saturated carbocycles. The largest absolute Gasteiger partial charge is 0.375 e. The van der Waals surface area contributed by atoms with Crippen molar-refractivity contribution in [2.75, 3.05) is 25.6 Å². The number of carbonyl (C=O) groups is 1. The lowest BCUT2D eigenvalue weighted by Crippen LogP contribution is -2.34. The molecule has 7 nitrogen and oxygen atoms in total. The Labute approximate surface area is 174 Å². The summed E-state index contributed by atoms with van der Waals surface area (Å²) in [5.41, 5.74) is 2.16. The summed E-state index contributed by atoms with van der Waals surface area (Å²) in [5, 5.41) is 3.15. The van der Waals surface area contributed by atoms with Gasteiger partial charge in [-0.15, -0.1) is 0 Å². The number of rotatable bonds is 6. The summed E-state index contributed by atoms with van der Waals surface area (Å²) in [7, 11) is 1.50. The minimum atomic E-state index is -0.337. The van der Waals surface area contributed by atoms with E-state index in [2.05, 4.69) is 15.3 Å². The van der Waals surface area contributed by atoms with E-state index in [1.807, 2.05) is 12.1 Å². The fourth-order valence-electron chi connectivity index (χ4n) is 3.60. The Morgan fingerprint density at radius 2 is 2.07 bits per heavy atom. The predicted molar refractivity (Wildman–Crippen MR) is 111 cm³/mol. The Kier molecular flexibility index (Phi) is 5.94. The van der Waals surface area contributed by atoms with Gasteiger partial charge in [-0.25, -0.2) is 14.4 Å². The molecule has 1 atom stereocenters. The molecule has 1 aliphatic rings. The number of likely N-dealkylation sites (tertiary alicyclic amines) is 1. The summed E-state index contributed by atoms with van der Waals surface area (Å²) in [6, 6.07) is 11.5. The van der Waals surface area contributed by atoms with Crippen LogP contribution in [-0.2, 0) is 9.53 Å². The van der Waals surface area contributed by atoms with Gasteiger partial charge < -0.3 is 15.0 Å². The van der Waals surface area contributed by atoms with Gasteiger partial charge in [0.15, 0.2) is 5.82 Å². The number of carbonyl (C=O) groups excluding carboxylic acids is 1. The van der Waals surface area contributed by atoms with E-state index in [0.717, 1.165) is 18.4 Å². The van der Waals surface area contributed by atoms with Crippen LogP contribution in [0.5, 0.6) is 0 Å². The first-order chi connectivity index (χ1) is 14.6. The number of aromatic nitrogens is 3. The quantitative estimate of drug-likeness (QED) is 0.671. The predicted octanol–water partition coefficient (Wildman–Crippen LogP) is 3.73. The van der Waals surface area contributed by atoms with E-state index < -0.39 is 0 Å². The van der Waals surface area contributed by atoms with Gasteiger partial charge in [0.2, 0.25) is 5.91 Å². The van der Waals surface area contributed by atoms with Crippen molar-refractivity contribution in [3.05, 3.63) is 66.5 Å². The first kappa shape index (κ1) is 19.9. The molecule has 1 amide bonds. The van der Waals surface area contributed by atoms with E-state index in [1.165, 1.54) is 19.2 Å². The van der Waals surface area contributed by atoms with E-state index in [4.69, 9.17) is 9.72 Å². The lowest BCUT2D eigenvalue weighted by Gasteiger charge is -2.24. The third-order valence-corrected chi connectivity index (χ3v) is 4.96. The van der Waals surface area contributed by atoms with Gasteiger partial charge in [0, 0.05) is 43.4 Å². The highest BCUT2D eigenvalue weighted by molar-refractivity contribution is 5.78. The average Bonchev–Trinajstić information content (AvgIpc) is 3.25. The van der Waals surface area contributed by atoms with Crippen LogP contribution >= 0.6 is 0 Å². The Hall–Kier alpha value is -3.39. The van der Waals surface area contributed by atoms with Crippen molar-refractivity contribution in [1.29, 1.82) is 0 Å². The molecule has 1 fully saturated rings. The van der Waals surface area contributed by atoms with Crippen LogP contribution in [-0.4, -0.2) is 46.0 Å². The summed E-state index contributed by atoms with van der Waals surface area (Å²) in [6.07, 6.45) is 5.03. The van der Waals surface area contributed by atoms with Gasteiger partial charge in [-0.2, -0.15) is 0 Å². The number of hydrogen-bond donors (Lipinski definition) is 1. The van der Waals surface area contributed by atoms with Gasteiger partial charge in [-0.1, -0.05) is 6.07 Å². The molecule has 0 bridgehead atoms. The molecular formula is C22H22FN5O2. The smallest absolute Gasteiger partial charge is 0.249 e. The van der Waals surface area contributed by atoms with Gasteiger partial charge in [-0.05, 0) is 43.2 Å². The molecule has 30 heavy (non-hydrogen) atoms. The number of methoxy groups -OCH3 is 1. The molecule has 1 aliphatic heterocycles. The van der Waals surface area contributed by atoms with Crippen LogP contribution in [0.15, 0.2) is 54.9 Å². The SMILES string of the molecule is COCC(=O)N1CCC[C@@H]1c1nc(Nc2cccc(F)c2)cc(-c2ccncc2)n1. The first-order valence-corrected chi connectivity index (χ1v) is 9.74. The normalized spacial score (nSPS) is 15.9. The van der Waals surface area contributed by atoms with E-state index in [-0.39, 0.29) is 24.4 Å². The van der Waals surface area contributed by atoms with Gasteiger partial charge in [0.1, 0.15) is 18.2 Å². The summed E-state index contributed by atoms with van der Waals surface area (Å²) in [5.74, 6) is 0.655. The molecular weight excluding hydrogens is 385 g/mol. The van der Waals surface area contributed by atoms with Crippen molar-refractivity contribution < 1.29 is 13.9 Å². The number of nitrogens with zero attached hydrogens (tertiary/aromatic N) is 4. The summed E-state index contributed by atoms with van der Waals surface area (Å²) in [6.45, 7) is 0.664. The third-order valence-electron chi connectivity index (χ3n) is 4.96. The van der Waals surface area contributed by atoms with Crippen molar-refractivity contribution in [3.63, 3.8) is 0 Å². The summed E-state index contributed by atoms with van der Waals surface area (Å²) >= 11 is 0. The maximum Gasteiger partial charge on any atom is 0.249 e.